The van der Waals surface area contributed by atoms with Gasteiger partial charge in [-0.2, -0.15) is 0 Å². The molecule has 0 aromatic carbocycles. The Hall–Kier alpha value is -1.25. The maximum atomic E-state index is 12.5. The molecule has 2 atom stereocenters. The molecular weight excluding hydrogens is 262 g/mol. The van der Waals surface area contributed by atoms with E-state index in [0.717, 1.165) is 29.8 Å². The Morgan fingerprint density at radius 3 is 2.24 bits per heavy atom. The largest absolute Gasteiger partial charge is 0.299 e. The first-order chi connectivity index (χ1) is 9.60. The van der Waals surface area contributed by atoms with E-state index in [0.29, 0.717) is 12.8 Å². The second-order valence-corrected chi connectivity index (χ2v) is 8.65. The minimum absolute atomic E-state index is 0.00159. The van der Waals surface area contributed by atoms with Crippen LogP contribution in [0.1, 0.15) is 60.3 Å². The Bertz CT molecular complexity index is 592. The summed E-state index contributed by atoms with van der Waals surface area (Å²) in [4.78, 5) is 29.9. The molecule has 0 amide bonds. The van der Waals surface area contributed by atoms with E-state index in [9.17, 15) is 9.59 Å². The van der Waals surface area contributed by atoms with Crippen LogP contribution < -0.4 is 0 Å². The fourth-order valence-electron chi connectivity index (χ4n) is 4.37. The number of hydrogen-bond acceptors (Lipinski definition) is 3. The van der Waals surface area contributed by atoms with E-state index in [1.165, 1.54) is 0 Å². The molecule has 2 unspecified atom stereocenters. The number of aliphatic imine (C=N–C) groups is 1. The quantitative estimate of drug-likeness (QED) is 0.681. The van der Waals surface area contributed by atoms with E-state index < -0.39 is 0 Å². The summed E-state index contributed by atoms with van der Waals surface area (Å²) in [6.45, 7) is 10.6. The van der Waals surface area contributed by atoms with Crippen molar-refractivity contribution >= 4 is 17.3 Å². The topological polar surface area (TPSA) is 46.5 Å². The Morgan fingerprint density at radius 1 is 0.952 bits per heavy atom. The van der Waals surface area contributed by atoms with E-state index in [1.807, 2.05) is 6.92 Å². The molecule has 0 N–H and O–H groups in total. The first kappa shape index (κ1) is 14.7. The van der Waals surface area contributed by atoms with Gasteiger partial charge in [0.25, 0.3) is 0 Å². The van der Waals surface area contributed by atoms with Crippen LogP contribution in [0.3, 0.4) is 0 Å². The number of carbonyl (C=O) groups excluding carboxylic acids is 2. The highest BCUT2D eigenvalue weighted by Gasteiger charge is 2.47. The molecule has 0 aromatic heterocycles. The minimum Gasteiger partial charge on any atom is -0.299 e. The van der Waals surface area contributed by atoms with Crippen LogP contribution in [-0.4, -0.2) is 17.3 Å². The van der Waals surface area contributed by atoms with Gasteiger partial charge in [-0.3, -0.25) is 14.6 Å². The number of hydrogen-bond donors (Lipinski definition) is 0. The lowest BCUT2D eigenvalue weighted by molar-refractivity contribution is -0.125. The van der Waals surface area contributed by atoms with Gasteiger partial charge in [0.2, 0.25) is 0 Å². The second-order valence-electron chi connectivity index (χ2n) is 8.65. The molecular formula is C18H25NO2. The maximum absolute atomic E-state index is 12.5. The van der Waals surface area contributed by atoms with Gasteiger partial charge in [0.05, 0.1) is 5.92 Å². The first-order valence-corrected chi connectivity index (χ1v) is 7.96. The average Bonchev–Trinajstić information content (AvgIpc) is 2.22. The molecule has 3 heteroatoms. The van der Waals surface area contributed by atoms with Crippen molar-refractivity contribution in [1.29, 1.82) is 0 Å². The highest BCUT2D eigenvalue weighted by Crippen LogP contribution is 2.47. The zero-order valence-corrected chi connectivity index (χ0v) is 13.7. The van der Waals surface area contributed by atoms with E-state index in [-0.39, 0.29) is 34.2 Å². The van der Waals surface area contributed by atoms with Gasteiger partial charge in [-0.25, -0.2) is 0 Å². The molecule has 1 saturated carbocycles. The summed E-state index contributed by atoms with van der Waals surface area (Å²) in [5.74, 6) is 0.331. The summed E-state index contributed by atoms with van der Waals surface area (Å²) in [7, 11) is 0. The fraction of sp³-hybridized carbons (Fsp3) is 0.722. The van der Waals surface area contributed by atoms with Crippen LogP contribution >= 0.6 is 0 Å². The van der Waals surface area contributed by atoms with Crippen molar-refractivity contribution in [2.24, 2.45) is 27.7 Å². The van der Waals surface area contributed by atoms with E-state index in [2.05, 4.69) is 27.7 Å². The predicted molar refractivity (Wildman–Crippen MR) is 83.2 cm³/mol. The van der Waals surface area contributed by atoms with Crippen molar-refractivity contribution < 1.29 is 9.59 Å². The maximum Gasteiger partial charge on any atom is 0.161 e. The molecule has 1 fully saturated rings. The number of Topliss-reactive ketones (excluding diaryl/α,β-unsaturated/α-hetero) is 2. The average molecular weight is 287 g/mol. The summed E-state index contributed by atoms with van der Waals surface area (Å²) >= 11 is 0. The lowest BCUT2D eigenvalue weighted by Gasteiger charge is -2.43. The third kappa shape index (κ3) is 2.41. The lowest BCUT2D eigenvalue weighted by Crippen LogP contribution is -2.45. The minimum atomic E-state index is -0.151. The van der Waals surface area contributed by atoms with Crippen molar-refractivity contribution in [2.75, 3.05) is 0 Å². The van der Waals surface area contributed by atoms with Crippen molar-refractivity contribution in [3.8, 4) is 0 Å². The van der Waals surface area contributed by atoms with Gasteiger partial charge in [0.1, 0.15) is 5.78 Å². The van der Waals surface area contributed by atoms with Gasteiger partial charge >= 0.3 is 0 Å². The van der Waals surface area contributed by atoms with Crippen molar-refractivity contribution in [2.45, 2.75) is 60.3 Å². The van der Waals surface area contributed by atoms with Crippen molar-refractivity contribution in [1.82, 2.24) is 0 Å². The highest BCUT2D eigenvalue weighted by atomic mass is 16.1. The molecule has 21 heavy (non-hydrogen) atoms. The van der Waals surface area contributed by atoms with Gasteiger partial charge in [-0.15, -0.1) is 0 Å². The molecule has 2 aliphatic carbocycles. The summed E-state index contributed by atoms with van der Waals surface area (Å²) in [6, 6.07) is 0. The number of ketones is 2. The third-order valence-corrected chi connectivity index (χ3v) is 5.15. The number of nitrogens with zero attached hydrogens (tertiary/aromatic N) is 1. The van der Waals surface area contributed by atoms with Gasteiger partial charge in [0, 0.05) is 35.7 Å². The van der Waals surface area contributed by atoms with Crippen LogP contribution in [0.25, 0.3) is 0 Å². The monoisotopic (exact) mass is 287 g/mol. The number of rotatable bonds is 0. The summed E-state index contributed by atoms with van der Waals surface area (Å²) in [6.07, 6.45) is 2.90. The summed E-state index contributed by atoms with van der Waals surface area (Å²) < 4.78 is 0. The van der Waals surface area contributed by atoms with Gasteiger partial charge in [0.15, 0.2) is 5.78 Å². The standard InChI is InChI=1S/C18H25NO2/c1-10-15-11(6-17(2,3)8-13(15)20)19-12-7-18(4,5)9-14(21)16(10)12/h10,15H,6-9H2,1-5H3. The van der Waals surface area contributed by atoms with Crippen molar-refractivity contribution in [3.05, 3.63) is 11.3 Å². The normalized spacial score (nSPS) is 34.2. The molecule has 3 rings (SSSR count). The summed E-state index contributed by atoms with van der Waals surface area (Å²) in [5, 5.41) is 0. The van der Waals surface area contributed by atoms with E-state index in [4.69, 9.17) is 4.99 Å². The van der Waals surface area contributed by atoms with Gasteiger partial charge < -0.3 is 0 Å². The van der Waals surface area contributed by atoms with Crippen LogP contribution in [0.4, 0.5) is 0 Å². The smallest absolute Gasteiger partial charge is 0.161 e. The Morgan fingerprint density at radius 2 is 1.57 bits per heavy atom. The van der Waals surface area contributed by atoms with Crippen LogP contribution in [0.15, 0.2) is 16.3 Å². The molecule has 3 aliphatic rings. The Balaban J connectivity index is 2.07. The Kier molecular flexibility index (Phi) is 3.06. The molecule has 0 saturated heterocycles. The van der Waals surface area contributed by atoms with Crippen LogP contribution in [-0.2, 0) is 9.59 Å². The zero-order chi connectivity index (χ0) is 15.6. The number of carbonyl (C=O) groups is 2. The molecule has 0 radical (unpaired) electrons. The molecule has 1 aliphatic heterocycles. The third-order valence-electron chi connectivity index (χ3n) is 5.15. The first-order valence-electron chi connectivity index (χ1n) is 7.96. The van der Waals surface area contributed by atoms with E-state index >= 15 is 0 Å². The van der Waals surface area contributed by atoms with Crippen molar-refractivity contribution in [3.63, 3.8) is 0 Å². The molecule has 3 nitrogen and oxygen atoms in total. The van der Waals surface area contributed by atoms with Crippen LogP contribution in [0.5, 0.6) is 0 Å². The van der Waals surface area contributed by atoms with Gasteiger partial charge in [-0.05, 0) is 23.7 Å². The summed E-state index contributed by atoms with van der Waals surface area (Å²) in [5.41, 5.74) is 2.81. The zero-order valence-electron chi connectivity index (χ0n) is 13.7. The van der Waals surface area contributed by atoms with Gasteiger partial charge in [-0.1, -0.05) is 34.6 Å². The highest BCUT2D eigenvalue weighted by molar-refractivity contribution is 6.12. The molecule has 1 heterocycles. The number of fused-ring (bicyclic) bond motifs is 1. The molecule has 114 valence electrons. The number of allylic oxidation sites excluding steroid dienone is 2. The van der Waals surface area contributed by atoms with Crippen LogP contribution in [0, 0.1) is 22.7 Å². The van der Waals surface area contributed by atoms with Crippen LogP contribution in [0.2, 0.25) is 0 Å². The lowest BCUT2D eigenvalue weighted by atomic mass is 9.62. The predicted octanol–water partition coefficient (Wildman–Crippen LogP) is 3.73. The second kappa shape index (κ2) is 4.37. The Labute approximate surface area is 126 Å². The molecule has 0 bridgehead atoms. The molecule has 0 aromatic rings. The van der Waals surface area contributed by atoms with E-state index in [1.54, 1.807) is 0 Å². The SMILES string of the molecule is CC1C2=C(CC(C)(C)CC2=O)N=C2CC(C)(C)CC(=O)C21. The fourth-order valence-corrected chi connectivity index (χ4v) is 4.37. The molecule has 0 spiro atoms.